The van der Waals surface area contributed by atoms with E-state index >= 15 is 0 Å². The van der Waals surface area contributed by atoms with E-state index in [-0.39, 0.29) is 0 Å². The molecule has 3 aromatic heterocycles. The highest BCUT2D eigenvalue weighted by molar-refractivity contribution is 5.94. The highest BCUT2D eigenvalue weighted by Gasteiger charge is 2.23. The van der Waals surface area contributed by atoms with Crippen LogP contribution in [0.25, 0.3) is 50.3 Å². The fourth-order valence-corrected chi connectivity index (χ4v) is 6.49. The first-order valence-electron chi connectivity index (χ1n) is 15.1. The van der Waals surface area contributed by atoms with Crippen LogP contribution >= 0.6 is 0 Å². The minimum Gasteiger partial charge on any atom is -0.308 e. The van der Waals surface area contributed by atoms with Gasteiger partial charge in [-0.3, -0.25) is 8.80 Å². The largest absolute Gasteiger partial charge is 0.308 e. The molecular weight excluding hydrogens is 566 g/mol. The number of aromatic nitrogens is 5. The highest BCUT2D eigenvalue weighted by atomic mass is 15.3. The smallest absolute Gasteiger partial charge is 0.223 e. The molecule has 0 saturated heterocycles. The van der Waals surface area contributed by atoms with Crippen molar-refractivity contribution in [2.24, 2.45) is 0 Å². The number of hydrogen-bond donors (Lipinski definition) is 0. The van der Waals surface area contributed by atoms with E-state index < -0.39 is 0 Å². The van der Waals surface area contributed by atoms with Gasteiger partial charge in [0.25, 0.3) is 0 Å². The molecular formula is C39H25N7. The van der Waals surface area contributed by atoms with Crippen molar-refractivity contribution < 1.29 is 0 Å². The van der Waals surface area contributed by atoms with Crippen molar-refractivity contribution in [2.45, 2.75) is 0 Å². The Morgan fingerprint density at radius 2 is 1.02 bits per heavy atom. The predicted molar refractivity (Wildman–Crippen MR) is 184 cm³/mol. The molecule has 0 unspecified atom stereocenters. The molecule has 7 heteroatoms. The van der Waals surface area contributed by atoms with Crippen LogP contribution in [0.3, 0.4) is 0 Å². The number of benzene rings is 6. The summed E-state index contributed by atoms with van der Waals surface area (Å²) in [6.45, 7) is 0. The Kier molecular flexibility index (Phi) is 5.74. The van der Waals surface area contributed by atoms with E-state index in [0.717, 1.165) is 55.8 Å². The maximum atomic E-state index is 9.98. The lowest BCUT2D eigenvalue weighted by Gasteiger charge is -2.28. The number of anilines is 3. The Balaban J connectivity index is 1.53. The molecule has 0 atom stereocenters. The summed E-state index contributed by atoms with van der Waals surface area (Å²) in [5, 5.41) is 9.98. The fourth-order valence-electron chi connectivity index (χ4n) is 6.49. The van der Waals surface area contributed by atoms with Crippen LogP contribution in [0.15, 0.2) is 152 Å². The van der Waals surface area contributed by atoms with E-state index in [9.17, 15) is 5.26 Å². The van der Waals surface area contributed by atoms with Gasteiger partial charge in [0.05, 0.1) is 56.1 Å². The van der Waals surface area contributed by atoms with Gasteiger partial charge in [-0.1, -0.05) is 72.8 Å². The Morgan fingerprint density at radius 3 is 1.63 bits per heavy atom. The number of hydrogen-bond acceptors (Lipinski definition) is 4. The molecule has 0 fully saturated rings. The van der Waals surface area contributed by atoms with Crippen LogP contribution in [-0.4, -0.2) is 23.3 Å². The van der Waals surface area contributed by atoms with Gasteiger partial charge in [-0.15, -0.1) is 0 Å². The molecule has 0 N–H and O–H groups in total. The average molecular weight is 592 g/mol. The van der Waals surface area contributed by atoms with Crippen LogP contribution < -0.4 is 4.90 Å². The average Bonchev–Trinajstić information content (AvgIpc) is 3.66. The summed E-state index contributed by atoms with van der Waals surface area (Å²) in [6.07, 6.45) is 0. The SMILES string of the molecule is N#Cc1ccc2c(c1)n1c3ccccc3nc1n(-c1ccccc1N(c1ccccc1)c1ccccc1)c1nc3ccccc3n21. The van der Waals surface area contributed by atoms with Crippen molar-refractivity contribution in [2.75, 3.05) is 4.90 Å². The molecule has 0 bridgehead atoms. The standard InChI is InChI=1S/C39H25N7/c40-26-27-23-24-36-37(25-27)45-33-20-10-8-18-31(33)42-39(45)46(38-41-30-17-7-9-19-32(30)44(36)38)35-22-12-11-21-34(35)43(28-13-3-1-4-14-28)29-15-5-2-6-16-29/h1-25H. The van der Waals surface area contributed by atoms with Crippen LogP contribution in [0.5, 0.6) is 0 Å². The van der Waals surface area contributed by atoms with Crippen LogP contribution in [0, 0.1) is 11.3 Å². The molecule has 3 heterocycles. The van der Waals surface area contributed by atoms with Crippen molar-refractivity contribution in [3.8, 4) is 11.8 Å². The normalized spacial score (nSPS) is 11.5. The van der Waals surface area contributed by atoms with Crippen LogP contribution in [0.1, 0.15) is 5.56 Å². The summed E-state index contributed by atoms with van der Waals surface area (Å²) in [5.74, 6) is 1.38. The molecule has 7 nitrogen and oxygen atoms in total. The monoisotopic (exact) mass is 591 g/mol. The Morgan fingerprint density at radius 1 is 0.500 bits per heavy atom. The molecule has 0 saturated carbocycles. The van der Waals surface area contributed by atoms with E-state index in [0.29, 0.717) is 17.1 Å². The topological polar surface area (TPSA) is 66.6 Å². The number of nitrogens with zero attached hydrogens (tertiary/aromatic N) is 7. The molecule has 0 amide bonds. The van der Waals surface area contributed by atoms with E-state index in [1.165, 1.54) is 0 Å². The first kappa shape index (κ1) is 25.8. The van der Waals surface area contributed by atoms with E-state index in [1.807, 2.05) is 66.7 Å². The Labute approximate surface area is 263 Å². The number of rotatable bonds is 4. The zero-order valence-corrected chi connectivity index (χ0v) is 24.6. The molecule has 9 aromatic rings. The summed E-state index contributed by atoms with van der Waals surface area (Å²) in [5.41, 5.74) is 9.87. The maximum Gasteiger partial charge on any atom is 0.223 e. The second-order valence-corrected chi connectivity index (χ2v) is 11.1. The van der Waals surface area contributed by atoms with Gasteiger partial charge in [-0.05, 0) is 78.9 Å². The zero-order valence-electron chi connectivity index (χ0n) is 24.6. The Hall–Kier alpha value is -6.65. The summed E-state index contributed by atoms with van der Waals surface area (Å²) in [6, 6.07) is 53.6. The lowest BCUT2D eigenvalue weighted by atomic mass is 10.1. The molecule has 46 heavy (non-hydrogen) atoms. The number of para-hydroxylation sites is 8. The molecule has 0 radical (unpaired) electrons. The van der Waals surface area contributed by atoms with Crippen LogP contribution in [0.4, 0.5) is 17.1 Å². The quantitative estimate of drug-likeness (QED) is 0.205. The maximum absolute atomic E-state index is 9.98. The van der Waals surface area contributed by atoms with Gasteiger partial charge in [-0.25, -0.2) is 14.5 Å². The lowest BCUT2D eigenvalue weighted by molar-refractivity contribution is 1.02. The van der Waals surface area contributed by atoms with Crippen LogP contribution in [-0.2, 0) is 0 Å². The predicted octanol–water partition coefficient (Wildman–Crippen LogP) is 9.14. The summed E-state index contributed by atoms with van der Waals surface area (Å²) < 4.78 is 6.49. The van der Waals surface area contributed by atoms with Gasteiger partial charge in [0.15, 0.2) is 0 Å². The third kappa shape index (κ3) is 3.84. The fraction of sp³-hybridized carbons (Fsp3) is 0. The number of imidazole rings is 2. The van der Waals surface area contributed by atoms with Crippen molar-refractivity contribution in [1.29, 1.82) is 5.26 Å². The third-order valence-corrected chi connectivity index (χ3v) is 8.46. The van der Waals surface area contributed by atoms with Crippen molar-refractivity contribution >= 4 is 61.7 Å². The van der Waals surface area contributed by atoms with Gasteiger partial charge < -0.3 is 4.90 Å². The summed E-state index contributed by atoms with van der Waals surface area (Å²) in [7, 11) is 0. The van der Waals surface area contributed by atoms with Gasteiger partial charge in [0.2, 0.25) is 11.6 Å². The molecule has 9 rings (SSSR count). The van der Waals surface area contributed by atoms with Crippen molar-refractivity contribution in [3.05, 3.63) is 157 Å². The molecule has 0 aliphatic rings. The van der Waals surface area contributed by atoms with Crippen molar-refractivity contribution in [1.82, 2.24) is 23.3 Å². The number of nitriles is 1. The second-order valence-electron chi connectivity index (χ2n) is 11.1. The lowest BCUT2D eigenvalue weighted by Crippen LogP contribution is -2.14. The highest BCUT2D eigenvalue weighted by Crippen LogP contribution is 2.39. The van der Waals surface area contributed by atoms with Crippen LogP contribution in [0.2, 0.25) is 0 Å². The zero-order chi connectivity index (χ0) is 30.6. The van der Waals surface area contributed by atoms with Gasteiger partial charge in [0.1, 0.15) is 0 Å². The van der Waals surface area contributed by atoms with Gasteiger partial charge >= 0.3 is 0 Å². The molecule has 0 aliphatic heterocycles. The third-order valence-electron chi connectivity index (χ3n) is 8.46. The second kappa shape index (κ2) is 10.2. The minimum atomic E-state index is 0.571. The number of fused-ring (bicyclic) bond motifs is 9. The summed E-state index contributed by atoms with van der Waals surface area (Å²) in [4.78, 5) is 12.8. The Bertz CT molecular complexity index is 2620. The van der Waals surface area contributed by atoms with E-state index in [1.54, 1.807) is 0 Å². The molecule has 0 aliphatic carbocycles. The molecule has 0 spiro atoms. The first-order valence-corrected chi connectivity index (χ1v) is 15.1. The van der Waals surface area contributed by atoms with E-state index in [2.05, 4.69) is 109 Å². The van der Waals surface area contributed by atoms with Gasteiger partial charge in [-0.2, -0.15) is 5.26 Å². The van der Waals surface area contributed by atoms with E-state index in [4.69, 9.17) is 9.97 Å². The molecule has 6 aromatic carbocycles. The first-order chi connectivity index (χ1) is 22.8. The van der Waals surface area contributed by atoms with Crippen molar-refractivity contribution in [3.63, 3.8) is 0 Å². The minimum absolute atomic E-state index is 0.571. The van der Waals surface area contributed by atoms with Gasteiger partial charge in [0, 0.05) is 11.4 Å². The summed E-state index contributed by atoms with van der Waals surface area (Å²) >= 11 is 0. The molecule has 216 valence electrons.